The molecule has 5 N–H and O–H groups in total. The van der Waals surface area contributed by atoms with Gasteiger partial charge in [0.2, 0.25) is 0 Å². The number of benzene rings is 1. The first-order chi connectivity index (χ1) is 15.2. The zero-order chi connectivity index (χ0) is 23.2. The molecular weight excluding hydrogens is 410 g/mol. The molecule has 1 aliphatic carbocycles. The molecule has 170 valence electrons. The molecule has 0 bridgehead atoms. The van der Waals surface area contributed by atoms with Crippen LogP contribution < -0.4 is 21.5 Å². The Bertz CT molecular complexity index is 1090. The van der Waals surface area contributed by atoms with Crippen LogP contribution in [0.1, 0.15) is 63.0 Å². The summed E-state index contributed by atoms with van der Waals surface area (Å²) < 4.78 is 12.5. The van der Waals surface area contributed by atoms with Gasteiger partial charge in [-0.05, 0) is 44.0 Å². The fourth-order valence-electron chi connectivity index (χ4n) is 5.01. The van der Waals surface area contributed by atoms with Gasteiger partial charge in [0.15, 0.2) is 0 Å². The molecule has 2 aliphatic rings. The third-order valence-corrected chi connectivity index (χ3v) is 6.43. The van der Waals surface area contributed by atoms with E-state index in [2.05, 4.69) is 17.0 Å². The number of aromatic nitrogens is 2. The Morgan fingerprint density at radius 1 is 1.44 bits per heavy atom. The zero-order valence-electron chi connectivity index (χ0n) is 18.6. The van der Waals surface area contributed by atoms with Crippen LogP contribution in [0, 0.1) is 12.8 Å². The molecule has 1 aliphatic heterocycles. The minimum atomic E-state index is -1.29. The number of nitrogens with zero attached hydrogens (tertiary/aromatic N) is 2. The van der Waals surface area contributed by atoms with Crippen molar-refractivity contribution in [1.29, 1.82) is 0 Å². The highest BCUT2D eigenvalue weighted by molar-refractivity contribution is 5.94. The van der Waals surface area contributed by atoms with Crippen LogP contribution in [0.15, 0.2) is 30.9 Å². The molecule has 1 aromatic heterocycles. The molecule has 2 heterocycles. The number of methoxy groups -OCH3 is 1. The number of carbonyl (C=O) groups excluding carboxylic acids is 2. The van der Waals surface area contributed by atoms with Gasteiger partial charge in [0, 0.05) is 23.9 Å². The monoisotopic (exact) mass is 439 g/mol. The van der Waals surface area contributed by atoms with Gasteiger partial charge in [0.05, 0.1) is 31.0 Å². The molecule has 1 amide bonds. The summed E-state index contributed by atoms with van der Waals surface area (Å²) in [5.41, 5.74) is 15.3. The smallest absolute Gasteiger partial charge is 0.337 e. The van der Waals surface area contributed by atoms with Gasteiger partial charge in [-0.15, -0.1) is 6.58 Å². The molecule has 2 aromatic rings. The van der Waals surface area contributed by atoms with Crippen LogP contribution in [0.3, 0.4) is 0 Å². The predicted octanol–water partition coefficient (Wildman–Crippen LogP) is 1.76. The van der Waals surface area contributed by atoms with E-state index in [4.69, 9.17) is 20.9 Å². The Balaban J connectivity index is 1.80. The van der Waals surface area contributed by atoms with E-state index >= 15 is 0 Å². The lowest BCUT2D eigenvalue weighted by atomic mass is 9.77. The summed E-state index contributed by atoms with van der Waals surface area (Å²) >= 11 is 0. The first-order valence-electron chi connectivity index (χ1n) is 10.7. The van der Waals surface area contributed by atoms with E-state index in [1.165, 1.54) is 7.11 Å². The molecule has 9 heteroatoms. The van der Waals surface area contributed by atoms with Crippen LogP contribution in [-0.4, -0.2) is 41.0 Å². The standard InChI is InChI=1S/C23H29N5O4/c1-5-7-13-11-32-17-10-14(22(30)31-4)9-15-18(17)19(13)23(25,20(15)24)26-21(29)16-8-12(3)27-28(16)6-2/h5,8-10,13,19-20H,1,6-7,11,24-25H2,2-4H3,(H,26,29)/t13-,19?,20?,23-/m1/s1. The highest BCUT2D eigenvalue weighted by Crippen LogP contribution is 2.55. The maximum atomic E-state index is 13.3. The minimum absolute atomic E-state index is 0.0422. The highest BCUT2D eigenvalue weighted by Gasteiger charge is 2.56. The van der Waals surface area contributed by atoms with Crippen molar-refractivity contribution in [2.75, 3.05) is 13.7 Å². The summed E-state index contributed by atoms with van der Waals surface area (Å²) in [7, 11) is 1.32. The van der Waals surface area contributed by atoms with Gasteiger partial charge in [0.25, 0.3) is 5.91 Å². The molecular formula is C23H29N5O4. The van der Waals surface area contributed by atoms with Crippen molar-refractivity contribution in [2.45, 2.75) is 44.4 Å². The van der Waals surface area contributed by atoms with Gasteiger partial charge >= 0.3 is 5.97 Å². The number of aryl methyl sites for hydroxylation is 2. The molecule has 4 atom stereocenters. The fraction of sp³-hybridized carbons (Fsp3) is 0.435. The molecule has 0 saturated heterocycles. The van der Waals surface area contributed by atoms with Crippen LogP contribution in [0.2, 0.25) is 0 Å². The van der Waals surface area contributed by atoms with Gasteiger partial charge in [0.1, 0.15) is 17.1 Å². The van der Waals surface area contributed by atoms with E-state index in [0.29, 0.717) is 42.1 Å². The lowest BCUT2D eigenvalue weighted by Gasteiger charge is -2.41. The van der Waals surface area contributed by atoms with Crippen molar-refractivity contribution in [2.24, 2.45) is 17.4 Å². The van der Waals surface area contributed by atoms with Crippen LogP contribution in [-0.2, 0) is 11.3 Å². The van der Waals surface area contributed by atoms with Crippen LogP contribution in [0.25, 0.3) is 0 Å². The third kappa shape index (κ3) is 3.28. The number of esters is 1. The lowest BCUT2D eigenvalue weighted by molar-refractivity contribution is 0.0599. The Hall–Kier alpha value is -3.17. The number of rotatable bonds is 6. The van der Waals surface area contributed by atoms with Gasteiger partial charge in [-0.25, -0.2) is 4.79 Å². The summed E-state index contributed by atoms with van der Waals surface area (Å²) in [6, 6.07) is 4.30. The van der Waals surface area contributed by atoms with E-state index in [1.807, 2.05) is 19.9 Å². The average molecular weight is 440 g/mol. The number of nitrogens with two attached hydrogens (primary N) is 2. The van der Waals surface area contributed by atoms with Gasteiger partial charge < -0.3 is 26.3 Å². The van der Waals surface area contributed by atoms with Crippen molar-refractivity contribution in [1.82, 2.24) is 15.1 Å². The first kappa shape index (κ1) is 22.0. The molecule has 1 aromatic carbocycles. The Morgan fingerprint density at radius 2 is 2.19 bits per heavy atom. The van der Waals surface area contributed by atoms with E-state index in [9.17, 15) is 9.59 Å². The molecule has 0 radical (unpaired) electrons. The molecule has 4 rings (SSSR count). The fourth-order valence-corrected chi connectivity index (χ4v) is 5.01. The number of ether oxygens (including phenoxy) is 2. The quantitative estimate of drug-likeness (QED) is 0.355. The van der Waals surface area contributed by atoms with Gasteiger partial charge in [-0.1, -0.05) is 6.08 Å². The normalized spacial score (nSPS) is 25.6. The molecule has 0 saturated carbocycles. The van der Waals surface area contributed by atoms with Crippen LogP contribution in [0.5, 0.6) is 5.75 Å². The second-order valence-electron chi connectivity index (χ2n) is 8.39. The Morgan fingerprint density at radius 3 is 2.84 bits per heavy atom. The van der Waals surface area contributed by atoms with E-state index in [0.717, 1.165) is 11.3 Å². The lowest BCUT2D eigenvalue weighted by Crippen LogP contribution is -2.64. The third-order valence-electron chi connectivity index (χ3n) is 6.43. The highest BCUT2D eigenvalue weighted by atomic mass is 16.5. The van der Waals surface area contributed by atoms with Crippen molar-refractivity contribution in [3.8, 4) is 5.75 Å². The summed E-state index contributed by atoms with van der Waals surface area (Å²) in [4.78, 5) is 25.5. The maximum absolute atomic E-state index is 13.3. The van der Waals surface area contributed by atoms with Crippen molar-refractivity contribution in [3.63, 3.8) is 0 Å². The number of hydrogen-bond acceptors (Lipinski definition) is 7. The second kappa shape index (κ2) is 8.07. The predicted molar refractivity (Wildman–Crippen MR) is 118 cm³/mol. The summed E-state index contributed by atoms with van der Waals surface area (Å²) in [5, 5.41) is 7.37. The molecule has 9 nitrogen and oxygen atoms in total. The van der Waals surface area contributed by atoms with Crippen LogP contribution >= 0.6 is 0 Å². The largest absolute Gasteiger partial charge is 0.493 e. The SMILES string of the molecule is C=CC[C@@H]1COc2cc(C(=O)OC)cc3c2C1[C@@](N)(NC(=O)c1cc(C)nn1CC)C3N. The molecule has 2 unspecified atom stereocenters. The summed E-state index contributed by atoms with van der Waals surface area (Å²) in [6.07, 6.45) is 2.44. The molecule has 0 fully saturated rings. The number of allylic oxidation sites excluding steroid dienone is 1. The minimum Gasteiger partial charge on any atom is -0.493 e. The molecule has 0 spiro atoms. The van der Waals surface area contributed by atoms with Crippen molar-refractivity contribution in [3.05, 3.63) is 58.9 Å². The number of nitrogens with one attached hydrogen (secondary N) is 1. The van der Waals surface area contributed by atoms with E-state index in [1.54, 1.807) is 22.9 Å². The second-order valence-corrected chi connectivity index (χ2v) is 8.39. The summed E-state index contributed by atoms with van der Waals surface area (Å²) in [5.74, 6) is -0.662. The molecule has 32 heavy (non-hydrogen) atoms. The van der Waals surface area contributed by atoms with E-state index < -0.39 is 17.7 Å². The van der Waals surface area contributed by atoms with Gasteiger partial charge in [-0.2, -0.15) is 5.10 Å². The number of hydrogen-bond donors (Lipinski definition) is 3. The van der Waals surface area contributed by atoms with Gasteiger partial charge in [-0.3, -0.25) is 9.48 Å². The van der Waals surface area contributed by atoms with E-state index in [-0.39, 0.29) is 17.7 Å². The average Bonchev–Trinajstić information content (AvgIpc) is 3.27. The van der Waals surface area contributed by atoms with Crippen LogP contribution in [0.4, 0.5) is 0 Å². The maximum Gasteiger partial charge on any atom is 0.337 e. The Labute approximate surface area is 186 Å². The van der Waals surface area contributed by atoms with Crippen molar-refractivity contribution >= 4 is 11.9 Å². The topological polar surface area (TPSA) is 134 Å². The van der Waals surface area contributed by atoms with Crippen molar-refractivity contribution < 1.29 is 19.1 Å². The number of carbonyl (C=O) groups is 2. The number of amides is 1. The zero-order valence-corrected chi connectivity index (χ0v) is 18.6. The first-order valence-corrected chi connectivity index (χ1v) is 10.7. The summed E-state index contributed by atoms with van der Waals surface area (Å²) in [6.45, 7) is 8.51. The Kier molecular flexibility index (Phi) is 5.56.